The highest BCUT2D eigenvalue weighted by atomic mass is 16.5. The Morgan fingerprint density at radius 2 is 2.22 bits per heavy atom. The Morgan fingerprint density at radius 1 is 1.50 bits per heavy atom. The summed E-state index contributed by atoms with van der Waals surface area (Å²) in [6.45, 7) is 2.64. The van der Waals surface area contributed by atoms with E-state index in [9.17, 15) is 4.79 Å². The number of nitrogens with two attached hydrogens (primary N) is 1. The van der Waals surface area contributed by atoms with E-state index in [1.807, 2.05) is 13.0 Å². The van der Waals surface area contributed by atoms with Gasteiger partial charge in [-0.3, -0.25) is 4.79 Å². The molecule has 0 saturated carbocycles. The summed E-state index contributed by atoms with van der Waals surface area (Å²) in [5.41, 5.74) is 8.88. The fraction of sp³-hybridized carbons (Fsp3) is 0.500. The van der Waals surface area contributed by atoms with Gasteiger partial charge in [-0.2, -0.15) is 0 Å². The van der Waals surface area contributed by atoms with Crippen molar-refractivity contribution in [3.63, 3.8) is 0 Å². The largest absolute Gasteiger partial charge is 0.495 e. The Balaban J connectivity index is 2.57. The number of amides is 1. The minimum absolute atomic E-state index is 0.128. The zero-order chi connectivity index (χ0) is 13.3. The summed E-state index contributed by atoms with van der Waals surface area (Å²) in [6, 6.07) is 4.11. The molecular formula is C14H20N2O2. The number of carbonyl (C=O) groups is 1. The smallest absolute Gasteiger partial charge is 0.227 e. The molecule has 98 valence electrons. The molecular weight excluding hydrogens is 228 g/mol. The number of benzene rings is 1. The second-order valence-electron chi connectivity index (χ2n) is 4.84. The first-order valence-electron chi connectivity index (χ1n) is 6.23. The van der Waals surface area contributed by atoms with Crippen molar-refractivity contribution in [2.24, 2.45) is 5.73 Å². The van der Waals surface area contributed by atoms with E-state index in [1.54, 1.807) is 19.1 Å². The summed E-state index contributed by atoms with van der Waals surface area (Å²) in [4.78, 5) is 13.7. The number of ether oxygens (including phenoxy) is 1. The number of nitrogens with zero attached hydrogens (tertiary/aromatic N) is 1. The monoisotopic (exact) mass is 248 g/mol. The lowest BCUT2D eigenvalue weighted by Gasteiger charge is -2.33. The SMILES string of the molecule is COc1cc(C)cc2c1N(C)C(=O)CC2CCN. The van der Waals surface area contributed by atoms with E-state index in [1.165, 1.54) is 5.56 Å². The van der Waals surface area contributed by atoms with Crippen LogP contribution in [-0.2, 0) is 4.79 Å². The third-order valence-corrected chi connectivity index (χ3v) is 3.55. The highest BCUT2D eigenvalue weighted by Crippen LogP contribution is 2.43. The molecule has 1 aliphatic rings. The molecule has 4 nitrogen and oxygen atoms in total. The summed E-state index contributed by atoms with van der Waals surface area (Å²) in [7, 11) is 3.44. The number of carbonyl (C=O) groups excluding carboxylic acids is 1. The van der Waals surface area contributed by atoms with Crippen molar-refractivity contribution in [3.8, 4) is 5.75 Å². The zero-order valence-electron chi connectivity index (χ0n) is 11.2. The van der Waals surface area contributed by atoms with E-state index in [4.69, 9.17) is 10.5 Å². The summed E-state index contributed by atoms with van der Waals surface area (Å²) in [6.07, 6.45) is 1.37. The summed E-state index contributed by atoms with van der Waals surface area (Å²) < 4.78 is 5.41. The van der Waals surface area contributed by atoms with Crippen molar-refractivity contribution < 1.29 is 9.53 Å². The van der Waals surface area contributed by atoms with Crippen LogP contribution in [0.25, 0.3) is 0 Å². The van der Waals surface area contributed by atoms with E-state index in [-0.39, 0.29) is 11.8 Å². The van der Waals surface area contributed by atoms with Crippen LogP contribution in [0.15, 0.2) is 12.1 Å². The van der Waals surface area contributed by atoms with Crippen LogP contribution >= 0.6 is 0 Å². The van der Waals surface area contributed by atoms with Crippen molar-refractivity contribution in [3.05, 3.63) is 23.3 Å². The number of methoxy groups -OCH3 is 1. The van der Waals surface area contributed by atoms with Gasteiger partial charge < -0.3 is 15.4 Å². The molecule has 2 N–H and O–H groups in total. The zero-order valence-corrected chi connectivity index (χ0v) is 11.2. The van der Waals surface area contributed by atoms with E-state index >= 15 is 0 Å². The molecule has 0 fully saturated rings. The van der Waals surface area contributed by atoms with Crippen LogP contribution in [-0.4, -0.2) is 26.6 Å². The standard InChI is InChI=1S/C14H20N2O2/c1-9-6-11-10(4-5-15)8-13(17)16(2)14(11)12(7-9)18-3/h6-7,10H,4-5,8,15H2,1-3H3. The summed E-state index contributed by atoms with van der Waals surface area (Å²) in [5.74, 6) is 1.10. The Bertz CT molecular complexity index is 471. The van der Waals surface area contributed by atoms with Crippen LogP contribution in [0.1, 0.15) is 29.9 Å². The third kappa shape index (κ3) is 2.08. The first kappa shape index (κ1) is 12.9. The summed E-state index contributed by atoms with van der Waals surface area (Å²) in [5, 5.41) is 0. The highest BCUT2D eigenvalue weighted by Gasteiger charge is 2.31. The normalized spacial score (nSPS) is 18.8. The third-order valence-electron chi connectivity index (χ3n) is 3.55. The number of fused-ring (bicyclic) bond motifs is 1. The van der Waals surface area contributed by atoms with Crippen LogP contribution in [0.3, 0.4) is 0 Å². The number of anilines is 1. The van der Waals surface area contributed by atoms with Gasteiger partial charge in [0.25, 0.3) is 0 Å². The van der Waals surface area contributed by atoms with Crippen LogP contribution in [0.4, 0.5) is 5.69 Å². The van der Waals surface area contributed by atoms with Gasteiger partial charge in [0.2, 0.25) is 5.91 Å². The topological polar surface area (TPSA) is 55.6 Å². The first-order valence-corrected chi connectivity index (χ1v) is 6.23. The fourth-order valence-electron chi connectivity index (χ4n) is 2.64. The second kappa shape index (κ2) is 4.98. The molecule has 1 aromatic rings. The van der Waals surface area contributed by atoms with Crippen molar-refractivity contribution in [2.75, 3.05) is 25.6 Å². The van der Waals surface area contributed by atoms with Crippen molar-refractivity contribution in [2.45, 2.75) is 25.7 Å². The fourth-order valence-corrected chi connectivity index (χ4v) is 2.64. The molecule has 0 radical (unpaired) electrons. The van der Waals surface area contributed by atoms with Gasteiger partial charge in [-0.1, -0.05) is 6.07 Å². The predicted molar refractivity (Wildman–Crippen MR) is 72.2 cm³/mol. The molecule has 0 aliphatic carbocycles. The highest BCUT2D eigenvalue weighted by molar-refractivity contribution is 5.98. The van der Waals surface area contributed by atoms with E-state index in [2.05, 4.69) is 6.07 Å². The molecule has 1 heterocycles. The van der Waals surface area contributed by atoms with Crippen LogP contribution in [0, 0.1) is 6.92 Å². The lowest BCUT2D eigenvalue weighted by Crippen LogP contribution is -2.34. The average Bonchev–Trinajstić information content (AvgIpc) is 2.34. The molecule has 18 heavy (non-hydrogen) atoms. The van der Waals surface area contributed by atoms with E-state index in [0.29, 0.717) is 13.0 Å². The van der Waals surface area contributed by atoms with Gasteiger partial charge in [0, 0.05) is 13.5 Å². The molecule has 0 bridgehead atoms. The molecule has 2 rings (SSSR count). The Morgan fingerprint density at radius 3 is 2.83 bits per heavy atom. The molecule has 0 spiro atoms. The van der Waals surface area contributed by atoms with Crippen LogP contribution in [0.2, 0.25) is 0 Å². The van der Waals surface area contributed by atoms with Gasteiger partial charge in [0.15, 0.2) is 0 Å². The number of hydrogen-bond donors (Lipinski definition) is 1. The molecule has 1 atom stereocenters. The quantitative estimate of drug-likeness (QED) is 0.887. The minimum atomic E-state index is 0.128. The van der Waals surface area contributed by atoms with E-state index < -0.39 is 0 Å². The van der Waals surface area contributed by atoms with Gasteiger partial charge in [-0.05, 0) is 43.0 Å². The van der Waals surface area contributed by atoms with Gasteiger partial charge in [0.05, 0.1) is 12.8 Å². The summed E-state index contributed by atoms with van der Waals surface area (Å²) >= 11 is 0. The molecule has 1 aromatic carbocycles. The van der Waals surface area contributed by atoms with Crippen molar-refractivity contribution >= 4 is 11.6 Å². The lowest BCUT2D eigenvalue weighted by molar-refractivity contribution is -0.119. The number of aryl methyl sites for hydroxylation is 1. The second-order valence-corrected chi connectivity index (χ2v) is 4.84. The molecule has 0 saturated heterocycles. The molecule has 0 aromatic heterocycles. The number of rotatable bonds is 3. The molecule has 4 heteroatoms. The Hall–Kier alpha value is -1.55. The minimum Gasteiger partial charge on any atom is -0.495 e. The van der Waals surface area contributed by atoms with E-state index in [0.717, 1.165) is 23.4 Å². The Labute approximate surface area is 108 Å². The van der Waals surface area contributed by atoms with Gasteiger partial charge in [-0.15, -0.1) is 0 Å². The maximum Gasteiger partial charge on any atom is 0.227 e. The molecule has 1 unspecified atom stereocenters. The van der Waals surface area contributed by atoms with Crippen molar-refractivity contribution in [1.29, 1.82) is 0 Å². The maximum absolute atomic E-state index is 12.0. The van der Waals surface area contributed by atoms with Gasteiger partial charge in [-0.25, -0.2) is 0 Å². The first-order chi connectivity index (χ1) is 8.58. The maximum atomic E-state index is 12.0. The average molecular weight is 248 g/mol. The van der Waals surface area contributed by atoms with Crippen LogP contribution in [0.5, 0.6) is 5.75 Å². The lowest BCUT2D eigenvalue weighted by atomic mass is 9.86. The van der Waals surface area contributed by atoms with Gasteiger partial charge in [0.1, 0.15) is 5.75 Å². The Kier molecular flexibility index (Phi) is 3.57. The predicted octanol–water partition coefficient (Wildman–Crippen LogP) is 1.80. The molecule has 1 amide bonds. The number of hydrogen-bond acceptors (Lipinski definition) is 3. The van der Waals surface area contributed by atoms with Gasteiger partial charge >= 0.3 is 0 Å². The van der Waals surface area contributed by atoms with Crippen molar-refractivity contribution in [1.82, 2.24) is 0 Å². The van der Waals surface area contributed by atoms with Crippen LogP contribution < -0.4 is 15.4 Å². The molecule has 1 aliphatic heterocycles.